The number of nitro groups is 1. The summed E-state index contributed by atoms with van der Waals surface area (Å²) < 4.78 is 13.7. The third kappa shape index (κ3) is 2.68. The predicted octanol–water partition coefficient (Wildman–Crippen LogP) is 2.50. The smallest absolute Gasteiger partial charge is 0.329 e. The normalized spacial score (nSPS) is 10.2. The van der Waals surface area contributed by atoms with Crippen LogP contribution in [0.5, 0.6) is 0 Å². The third-order valence-electron chi connectivity index (χ3n) is 2.19. The molecule has 0 aliphatic carbocycles. The van der Waals surface area contributed by atoms with Gasteiger partial charge in [0.25, 0.3) is 0 Å². The van der Waals surface area contributed by atoms with Crippen molar-refractivity contribution in [3.63, 3.8) is 0 Å². The van der Waals surface area contributed by atoms with E-state index in [1.54, 1.807) is 0 Å². The molecule has 0 amide bonds. The molecule has 1 heterocycles. The Hall–Kier alpha value is -2.48. The van der Waals surface area contributed by atoms with Crippen molar-refractivity contribution >= 4 is 34.7 Å². The van der Waals surface area contributed by atoms with E-state index < -0.39 is 16.4 Å². The number of rotatable bonds is 3. The van der Waals surface area contributed by atoms with Crippen LogP contribution in [0.25, 0.3) is 0 Å². The van der Waals surface area contributed by atoms with Crippen LogP contribution < -0.4 is 11.1 Å². The van der Waals surface area contributed by atoms with Gasteiger partial charge in [0.2, 0.25) is 11.8 Å². The topological polar surface area (TPSA) is 107 Å². The number of halogens is 2. The molecule has 0 spiro atoms. The van der Waals surface area contributed by atoms with Crippen molar-refractivity contribution in [1.29, 1.82) is 0 Å². The van der Waals surface area contributed by atoms with E-state index in [4.69, 9.17) is 17.3 Å². The molecule has 0 fully saturated rings. The highest BCUT2D eigenvalue weighted by molar-refractivity contribution is 6.31. The minimum Gasteiger partial charge on any atom is -0.368 e. The maximum absolute atomic E-state index is 13.7. The Balaban J connectivity index is 2.45. The number of aromatic nitrogens is 2. The van der Waals surface area contributed by atoms with Gasteiger partial charge >= 0.3 is 5.69 Å². The molecule has 0 aliphatic heterocycles. The summed E-state index contributed by atoms with van der Waals surface area (Å²) >= 11 is 5.61. The standard InChI is InChI=1S/C10H7ClFN5O2/c11-5-2-1-3-6(8(5)12)15-9-7(17(18)19)4-14-10(13)16-9/h1-4H,(H3,13,14,15,16). The molecule has 0 bridgehead atoms. The zero-order chi connectivity index (χ0) is 14.0. The summed E-state index contributed by atoms with van der Waals surface area (Å²) in [5, 5.41) is 13.2. The van der Waals surface area contributed by atoms with Gasteiger partial charge in [-0.1, -0.05) is 17.7 Å². The molecular weight excluding hydrogens is 277 g/mol. The average molecular weight is 284 g/mol. The zero-order valence-corrected chi connectivity index (χ0v) is 10.1. The van der Waals surface area contributed by atoms with Crippen LogP contribution in [-0.4, -0.2) is 14.9 Å². The van der Waals surface area contributed by atoms with Crippen LogP contribution in [0.4, 0.5) is 27.5 Å². The first-order valence-corrected chi connectivity index (χ1v) is 5.35. The summed E-state index contributed by atoms with van der Waals surface area (Å²) in [5.41, 5.74) is 4.87. The molecule has 3 N–H and O–H groups in total. The van der Waals surface area contributed by atoms with E-state index in [1.165, 1.54) is 18.2 Å². The average Bonchev–Trinajstić information content (AvgIpc) is 2.35. The predicted molar refractivity (Wildman–Crippen MR) is 67.8 cm³/mol. The lowest BCUT2D eigenvalue weighted by atomic mass is 10.3. The Morgan fingerprint density at radius 3 is 2.89 bits per heavy atom. The highest BCUT2D eigenvalue weighted by Gasteiger charge is 2.18. The summed E-state index contributed by atoms with van der Waals surface area (Å²) in [6, 6.07) is 4.21. The van der Waals surface area contributed by atoms with Crippen LogP contribution in [0.15, 0.2) is 24.4 Å². The lowest BCUT2D eigenvalue weighted by Gasteiger charge is -2.08. The summed E-state index contributed by atoms with van der Waals surface area (Å²) in [6.45, 7) is 0. The van der Waals surface area contributed by atoms with E-state index in [-0.39, 0.29) is 22.5 Å². The fourth-order valence-electron chi connectivity index (χ4n) is 1.34. The molecule has 1 aromatic heterocycles. The summed E-state index contributed by atoms with van der Waals surface area (Å²) in [7, 11) is 0. The van der Waals surface area contributed by atoms with Crippen molar-refractivity contribution in [1.82, 2.24) is 9.97 Å². The first-order chi connectivity index (χ1) is 8.99. The minimum absolute atomic E-state index is 0.0475. The van der Waals surface area contributed by atoms with E-state index in [9.17, 15) is 14.5 Å². The lowest BCUT2D eigenvalue weighted by Crippen LogP contribution is -2.05. The number of hydrogen-bond donors (Lipinski definition) is 2. The quantitative estimate of drug-likeness (QED) is 0.662. The Bertz CT molecular complexity index is 652. The second-order valence-corrected chi connectivity index (χ2v) is 3.85. The number of anilines is 3. The van der Waals surface area contributed by atoms with Crippen LogP contribution in [0.2, 0.25) is 5.02 Å². The number of hydrogen-bond acceptors (Lipinski definition) is 6. The number of nitrogens with two attached hydrogens (primary N) is 1. The van der Waals surface area contributed by atoms with Crippen molar-refractivity contribution < 1.29 is 9.31 Å². The molecule has 9 heteroatoms. The fraction of sp³-hybridized carbons (Fsp3) is 0. The Morgan fingerprint density at radius 2 is 2.21 bits per heavy atom. The molecule has 0 atom stereocenters. The van der Waals surface area contributed by atoms with E-state index in [1.807, 2.05) is 0 Å². The number of nitrogen functional groups attached to an aromatic ring is 1. The van der Waals surface area contributed by atoms with Gasteiger partial charge in [0.05, 0.1) is 15.6 Å². The van der Waals surface area contributed by atoms with Crippen LogP contribution in [0.1, 0.15) is 0 Å². The molecule has 2 rings (SSSR count). The van der Waals surface area contributed by atoms with Gasteiger partial charge in [0.15, 0.2) is 5.82 Å². The zero-order valence-electron chi connectivity index (χ0n) is 9.30. The second-order valence-electron chi connectivity index (χ2n) is 3.45. The Morgan fingerprint density at radius 1 is 1.47 bits per heavy atom. The highest BCUT2D eigenvalue weighted by Crippen LogP contribution is 2.29. The van der Waals surface area contributed by atoms with Gasteiger partial charge in [0, 0.05) is 0 Å². The fourth-order valence-corrected chi connectivity index (χ4v) is 1.52. The van der Waals surface area contributed by atoms with Gasteiger partial charge in [-0.2, -0.15) is 4.98 Å². The van der Waals surface area contributed by atoms with E-state index in [2.05, 4.69) is 15.3 Å². The molecular formula is C10H7ClFN5O2. The van der Waals surface area contributed by atoms with Crippen molar-refractivity contribution in [2.45, 2.75) is 0 Å². The molecule has 2 aromatic rings. The van der Waals surface area contributed by atoms with Crippen LogP contribution in [0.3, 0.4) is 0 Å². The molecule has 98 valence electrons. The first kappa shape index (κ1) is 13.0. The van der Waals surface area contributed by atoms with Crippen molar-refractivity contribution in [3.05, 3.63) is 45.4 Å². The molecule has 0 saturated carbocycles. The van der Waals surface area contributed by atoms with Gasteiger partial charge in [-0.05, 0) is 12.1 Å². The van der Waals surface area contributed by atoms with Crippen LogP contribution in [0, 0.1) is 15.9 Å². The van der Waals surface area contributed by atoms with Crippen molar-refractivity contribution in [2.24, 2.45) is 0 Å². The number of nitrogens with one attached hydrogen (secondary N) is 1. The van der Waals surface area contributed by atoms with Crippen LogP contribution in [-0.2, 0) is 0 Å². The Kier molecular flexibility index (Phi) is 3.43. The molecule has 0 saturated heterocycles. The van der Waals surface area contributed by atoms with Gasteiger partial charge in [-0.3, -0.25) is 10.1 Å². The molecule has 0 aliphatic rings. The largest absolute Gasteiger partial charge is 0.368 e. The van der Waals surface area contributed by atoms with Gasteiger partial charge in [-0.25, -0.2) is 9.37 Å². The minimum atomic E-state index is -0.740. The van der Waals surface area contributed by atoms with E-state index in [0.717, 1.165) is 6.20 Å². The Labute approximate surface area is 111 Å². The monoisotopic (exact) mass is 283 g/mol. The van der Waals surface area contributed by atoms with Gasteiger partial charge < -0.3 is 11.1 Å². The van der Waals surface area contributed by atoms with Gasteiger partial charge in [0.1, 0.15) is 6.20 Å². The molecule has 1 aromatic carbocycles. The third-order valence-corrected chi connectivity index (χ3v) is 2.48. The molecule has 7 nitrogen and oxygen atoms in total. The van der Waals surface area contributed by atoms with Crippen LogP contribution >= 0.6 is 11.6 Å². The summed E-state index contributed by atoms with van der Waals surface area (Å²) in [5.74, 6) is -1.12. The molecule has 0 radical (unpaired) electrons. The van der Waals surface area contributed by atoms with Crippen molar-refractivity contribution in [3.8, 4) is 0 Å². The summed E-state index contributed by atoms with van der Waals surface area (Å²) in [4.78, 5) is 17.3. The second kappa shape index (κ2) is 5.02. The van der Waals surface area contributed by atoms with Crippen molar-refractivity contribution in [2.75, 3.05) is 11.1 Å². The maximum Gasteiger partial charge on any atom is 0.329 e. The number of benzene rings is 1. The first-order valence-electron chi connectivity index (χ1n) is 4.97. The number of nitrogens with zero attached hydrogens (tertiary/aromatic N) is 3. The maximum atomic E-state index is 13.7. The molecule has 0 unspecified atom stereocenters. The van der Waals surface area contributed by atoms with Gasteiger partial charge in [-0.15, -0.1) is 0 Å². The SMILES string of the molecule is Nc1ncc([N+](=O)[O-])c(Nc2cccc(Cl)c2F)n1. The van der Waals surface area contributed by atoms with E-state index >= 15 is 0 Å². The lowest BCUT2D eigenvalue weighted by molar-refractivity contribution is -0.384. The summed E-state index contributed by atoms with van der Waals surface area (Å²) in [6.07, 6.45) is 0.938. The van der Waals surface area contributed by atoms with E-state index in [0.29, 0.717) is 0 Å². The highest BCUT2D eigenvalue weighted by atomic mass is 35.5. The molecule has 19 heavy (non-hydrogen) atoms.